The first kappa shape index (κ1) is 6.64. The Morgan fingerprint density at radius 2 is 2.50 bits per heavy atom. The third-order valence-electron chi connectivity index (χ3n) is 1.61. The summed E-state index contributed by atoms with van der Waals surface area (Å²) in [5, 5.41) is 3.27. The van der Waals surface area contributed by atoms with Gasteiger partial charge in [-0.1, -0.05) is 0 Å². The summed E-state index contributed by atoms with van der Waals surface area (Å²) in [5.41, 5.74) is 2.69. The highest BCUT2D eigenvalue weighted by Crippen LogP contribution is 2.30. The van der Waals surface area contributed by atoms with Gasteiger partial charge < -0.3 is 5.32 Å². The van der Waals surface area contributed by atoms with E-state index >= 15 is 0 Å². The molecule has 0 saturated heterocycles. The minimum Gasteiger partial charge on any atom is -0.307 e. The van der Waals surface area contributed by atoms with Gasteiger partial charge in [-0.15, -0.1) is 11.8 Å². The summed E-state index contributed by atoms with van der Waals surface area (Å²) in [5.74, 6) is 0. The Morgan fingerprint density at radius 3 is 3.30 bits per heavy atom. The van der Waals surface area contributed by atoms with Gasteiger partial charge in [0.15, 0.2) is 0 Å². The number of hydrogen-bond donors (Lipinski definition) is 1. The number of fused-ring (bicyclic) bond motifs is 1. The van der Waals surface area contributed by atoms with E-state index < -0.39 is 0 Å². The molecule has 2 heterocycles. The molecule has 0 aromatic carbocycles. The first-order valence-corrected chi connectivity index (χ1v) is 5.14. The van der Waals surface area contributed by atoms with Crippen LogP contribution in [0.25, 0.3) is 0 Å². The van der Waals surface area contributed by atoms with Crippen LogP contribution in [0.5, 0.6) is 0 Å². The topological polar surface area (TPSA) is 24.9 Å². The number of nitrogens with one attached hydrogen (secondary N) is 1. The van der Waals surface area contributed by atoms with Crippen LogP contribution in [0.15, 0.2) is 4.21 Å². The first-order valence-electron chi connectivity index (χ1n) is 3.14. The second-order valence-electron chi connectivity index (χ2n) is 2.20. The lowest BCUT2D eigenvalue weighted by Gasteiger charge is -1.90. The number of rotatable bonds is 1. The van der Waals surface area contributed by atoms with E-state index in [1.165, 1.54) is 15.5 Å². The van der Waals surface area contributed by atoms with Crippen molar-refractivity contribution in [3.8, 4) is 0 Å². The average Bonchev–Trinajstić information content (AvgIpc) is 2.44. The Labute approximate surface area is 68.2 Å². The molecule has 0 unspecified atom stereocenters. The molecule has 1 aliphatic rings. The van der Waals surface area contributed by atoms with Crippen molar-refractivity contribution in [2.45, 2.75) is 17.3 Å². The van der Waals surface area contributed by atoms with E-state index in [2.05, 4.69) is 15.9 Å². The molecule has 1 aliphatic heterocycles. The summed E-state index contributed by atoms with van der Waals surface area (Å²) in [4.78, 5) is 0. The molecule has 0 spiro atoms. The third kappa shape index (κ3) is 0.872. The molecule has 0 radical (unpaired) electrons. The molecule has 54 valence electrons. The predicted octanol–water partition coefficient (Wildman–Crippen LogP) is 1.47. The molecular formula is C6H8N2S2. The van der Waals surface area contributed by atoms with Gasteiger partial charge in [0, 0.05) is 18.7 Å². The lowest BCUT2D eigenvalue weighted by atomic mass is 10.3. The van der Waals surface area contributed by atoms with Crippen LogP contribution in [-0.2, 0) is 13.1 Å². The lowest BCUT2D eigenvalue weighted by molar-refractivity contribution is 0.755. The second-order valence-corrected chi connectivity index (χ2v) is 4.05. The van der Waals surface area contributed by atoms with Crippen LogP contribution in [0.2, 0.25) is 0 Å². The van der Waals surface area contributed by atoms with Gasteiger partial charge in [0.1, 0.15) is 0 Å². The van der Waals surface area contributed by atoms with Crippen molar-refractivity contribution in [3.05, 3.63) is 11.3 Å². The maximum absolute atomic E-state index is 4.33. The monoisotopic (exact) mass is 172 g/mol. The molecule has 0 fully saturated rings. The van der Waals surface area contributed by atoms with Crippen LogP contribution in [0.3, 0.4) is 0 Å². The van der Waals surface area contributed by atoms with E-state index in [0.29, 0.717) is 0 Å². The Balaban J connectivity index is 2.44. The Bertz CT molecular complexity index is 244. The zero-order valence-electron chi connectivity index (χ0n) is 5.68. The number of nitrogens with zero attached hydrogens (tertiary/aromatic N) is 1. The van der Waals surface area contributed by atoms with Crippen molar-refractivity contribution in [3.63, 3.8) is 0 Å². The van der Waals surface area contributed by atoms with Gasteiger partial charge in [0.2, 0.25) is 0 Å². The highest BCUT2D eigenvalue weighted by Gasteiger charge is 2.17. The molecule has 0 bridgehead atoms. The minimum atomic E-state index is 0.965. The Kier molecular flexibility index (Phi) is 1.68. The zero-order chi connectivity index (χ0) is 6.97. The fourth-order valence-electron chi connectivity index (χ4n) is 1.10. The maximum atomic E-state index is 4.33. The smallest absolute Gasteiger partial charge is 0.0852 e. The molecule has 2 rings (SSSR count). The zero-order valence-corrected chi connectivity index (χ0v) is 7.31. The molecule has 0 aliphatic carbocycles. The van der Waals surface area contributed by atoms with Crippen LogP contribution in [0.1, 0.15) is 11.3 Å². The summed E-state index contributed by atoms with van der Waals surface area (Å²) in [6.45, 7) is 1.98. The lowest BCUT2D eigenvalue weighted by Crippen LogP contribution is -2.01. The van der Waals surface area contributed by atoms with Crippen LogP contribution < -0.4 is 5.32 Å². The summed E-state index contributed by atoms with van der Waals surface area (Å²) in [7, 11) is 0. The van der Waals surface area contributed by atoms with Crippen LogP contribution >= 0.6 is 23.3 Å². The number of thioether (sulfide) groups is 1. The normalized spacial score (nSPS) is 15.7. The van der Waals surface area contributed by atoms with Gasteiger partial charge in [-0.05, 0) is 17.8 Å². The quantitative estimate of drug-likeness (QED) is 0.649. The molecule has 1 aromatic heterocycles. The minimum absolute atomic E-state index is 0.965. The molecular weight excluding hydrogens is 164 g/mol. The van der Waals surface area contributed by atoms with Gasteiger partial charge in [0.25, 0.3) is 0 Å². The largest absolute Gasteiger partial charge is 0.307 e. The first-order chi connectivity index (χ1) is 4.92. The van der Waals surface area contributed by atoms with E-state index in [-0.39, 0.29) is 0 Å². The van der Waals surface area contributed by atoms with Crippen LogP contribution in [-0.4, -0.2) is 10.6 Å². The fourth-order valence-corrected chi connectivity index (χ4v) is 2.62. The van der Waals surface area contributed by atoms with Crippen molar-refractivity contribution < 1.29 is 0 Å². The van der Waals surface area contributed by atoms with E-state index in [1.54, 1.807) is 23.3 Å². The van der Waals surface area contributed by atoms with Gasteiger partial charge in [-0.2, -0.15) is 4.37 Å². The van der Waals surface area contributed by atoms with Crippen molar-refractivity contribution in [1.82, 2.24) is 9.69 Å². The molecule has 10 heavy (non-hydrogen) atoms. The number of hydrogen-bond acceptors (Lipinski definition) is 4. The van der Waals surface area contributed by atoms with E-state index in [4.69, 9.17) is 0 Å². The molecule has 1 N–H and O–H groups in total. The van der Waals surface area contributed by atoms with E-state index in [9.17, 15) is 0 Å². The summed E-state index contributed by atoms with van der Waals surface area (Å²) in [6.07, 6.45) is 2.10. The standard InChI is InChI=1S/C6H8N2S2/c1-9-6-4-2-7-3-5(4)8-10-6/h7H,2-3H2,1H3. The summed E-state index contributed by atoms with van der Waals surface area (Å²) in [6, 6.07) is 0. The van der Waals surface area contributed by atoms with Crippen LogP contribution in [0.4, 0.5) is 0 Å². The molecule has 4 heteroatoms. The molecule has 0 saturated carbocycles. The molecule has 1 aromatic rings. The third-order valence-corrected chi connectivity index (χ3v) is 3.68. The van der Waals surface area contributed by atoms with Crippen molar-refractivity contribution in [2.75, 3.05) is 6.26 Å². The molecule has 0 atom stereocenters. The van der Waals surface area contributed by atoms with E-state index in [1.807, 2.05) is 0 Å². The SMILES string of the molecule is CSc1snc2c1CNC2. The predicted molar refractivity (Wildman–Crippen MR) is 44.4 cm³/mol. The van der Waals surface area contributed by atoms with Crippen molar-refractivity contribution in [2.24, 2.45) is 0 Å². The summed E-state index contributed by atoms with van der Waals surface area (Å²) < 4.78 is 5.70. The van der Waals surface area contributed by atoms with Gasteiger partial charge >= 0.3 is 0 Å². The second kappa shape index (κ2) is 2.53. The highest BCUT2D eigenvalue weighted by atomic mass is 32.2. The Morgan fingerprint density at radius 1 is 1.60 bits per heavy atom. The van der Waals surface area contributed by atoms with Crippen molar-refractivity contribution >= 4 is 23.3 Å². The van der Waals surface area contributed by atoms with Crippen molar-refractivity contribution in [1.29, 1.82) is 0 Å². The highest BCUT2D eigenvalue weighted by molar-refractivity contribution is 8.00. The molecule has 2 nitrogen and oxygen atoms in total. The maximum Gasteiger partial charge on any atom is 0.0852 e. The Hall–Kier alpha value is -0.0600. The van der Waals surface area contributed by atoms with Gasteiger partial charge in [0.05, 0.1) is 9.90 Å². The molecule has 0 amide bonds. The van der Waals surface area contributed by atoms with Gasteiger partial charge in [-0.3, -0.25) is 0 Å². The van der Waals surface area contributed by atoms with E-state index in [0.717, 1.165) is 13.1 Å². The summed E-state index contributed by atoms with van der Waals surface area (Å²) >= 11 is 3.42. The average molecular weight is 172 g/mol. The fraction of sp³-hybridized carbons (Fsp3) is 0.500. The van der Waals surface area contributed by atoms with Crippen LogP contribution in [0, 0.1) is 0 Å². The van der Waals surface area contributed by atoms with Gasteiger partial charge in [-0.25, -0.2) is 0 Å². The number of aromatic nitrogens is 1.